The number of rotatable bonds is 4. The number of halogens is 1. The van der Waals surface area contributed by atoms with Crippen molar-refractivity contribution in [2.45, 2.75) is 45.6 Å². The van der Waals surface area contributed by atoms with Crippen LogP contribution in [0.3, 0.4) is 0 Å². The maximum absolute atomic E-state index is 12.5. The largest absolute Gasteiger partial charge is 0.460 e. The van der Waals surface area contributed by atoms with Gasteiger partial charge in [0, 0.05) is 16.0 Å². The summed E-state index contributed by atoms with van der Waals surface area (Å²) in [5, 5.41) is 0.596. The summed E-state index contributed by atoms with van der Waals surface area (Å²) in [4.78, 5) is 24.4. The molecule has 0 aromatic heterocycles. The molecule has 20 heavy (non-hydrogen) atoms. The van der Waals surface area contributed by atoms with E-state index in [-0.39, 0.29) is 18.2 Å². The maximum Gasteiger partial charge on any atom is 0.307 e. The van der Waals surface area contributed by atoms with Crippen molar-refractivity contribution in [1.82, 2.24) is 0 Å². The Bertz CT molecular complexity index is 522. The summed E-state index contributed by atoms with van der Waals surface area (Å²) in [5.74, 6) is -0.294. The molecule has 1 aromatic carbocycles. The van der Waals surface area contributed by atoms with Crippen LogP contribution >= 0.6 is 11.6 Å². The van der Waals surface area contributed by atoms with E-state index in [1.165, 1.54) is 0 Å². The molecule has 0 amide bonds. The highest BCUT2D eigenvalue weighted by Crippen LogP contribution is 2.51. The van der Waals surface area contributed by atoms with Gasteiger partial charge in [0.2, 0.25) is 0 Å². The first-order chi connectivity index (χ1) is 9.22. The molecule has 0 spiro atoms. The van der Waals surface area contributed by atoms with Gasteiger partial charge < -0.3 is 4.74 Å². The zero-order chi connectivity index (χ0) is 15.0. The molecule has 0 N–H and O–H groups in total. The van der Waals surface area contributed by atoms with Gasteiger partial charge >= 0.3 is 5.97 Å². The number of ketones is 1. The summed E-state index contributed by atoms with van der Waals surface area (Å²) in [6.45, 7) is 5.47. The third kappa shape index (κ3) is 3.60. The Kier molecular flexibility index (Phi) is 3.92. The van der Waals surface area contributed by atoms with Gasteiger partial charge in [0.15, 0.2) is 5.78 Å². The van der Waals surface area contributed by atoms with Gasteiger partial charge in [-0.15, -0.1) is 0 Å². The monoisotopic (exact) mass is 294 g/mol. The molecule has 3 nitrogen and oxygen atoms in total. The number of benzene rings is 1. The molecule has 4 heteroatoms. The number of esters is 1. The van der Waals surface area contributed by atoms with Crippen molar-refractivity contribution in [2.24, 2.45) is 5.41 Å². The highest BCUT2D eigenvalue weighted by Gasteiger charge is 2.51. The van der Waals surface area contributed by atoms with E-state index in [1.54, 1.807) is 24.3 Å². The fourth-order valence-corrected chi connectivity index (χ4v) is 2.32. The molecule has 108 valence electrons. The van der Waals surface area contributed by atoms with Crippen molar-refractivity contribution in [2.75, 3.05) is 0 Å². The molecule has 0 unspecified atom stereocenters. The molecular weight excluding hydrogens is 276 g/mol. The lowest BCUT2D eigenvalue weighted by Crippen LogP contribution is -2.28. The van der Waals surface area contributed by atoms with Gasteiger partial charge in [0.05, 0.1) is 6.42 Å². The number of hydrogen-bond acceptors (Lipinski definition) is 3. The molecule has 0 atom stereocenters. The molecule has 1 fully saturated rings. The van der Waals surface area contributed by atoms with Crippen LogP contribution in [0.4, 0.5) is 0 Å². The predicted octanol–water partition coefficient (Wildman–Crippen LogP) is 4.03. The number of carbonyl (C=O) groups is 2. The summed E-state index contributed by atoms with van der Waals surface area (Å²) in [6, 6.07) is 6.80. The van der Waals surface area contributed by atoms with E-state index in [0.717, 1.165) is 12.8 Å². The third-order valence-corrected chi connectivity index (χ3v) is 3.60. The van der Waals surface area contributed by atoms with Crippen LogP contribution in [0.1, 0.15) is 50.4 Å². The average Bonchev–Trinajstić information content (AvgIpc) is 3.07. The maximum atomic E-state index is 12.5. The van der Waals surface area contributed by atoms with Crippen molar-refractivity contribution in [1.29, 1.82) is 0 Å². The van der Waals surface area contributed by atoms with Crippen LogP contribution < -0.4 is 0 Å². The number of ether oxygens (including phenoxy) is 1. The van der Waals surface area contributed by atoms with Crippen LogP contribution in [0.5, 0.6) is 0 Å². The third-order valence-electron chi connectivity index (χ3n) is 3.34. The Morgan fingerprint density at radius 1 is 1.20 bits per heavy atom. The molecule has 0 bridgehead atoms. The zero-order valence-corrected chi connectivity index (χ0v) is 12.8. The average molecular weight is 295 g/mol. The van der Waals surface area contributed by atoms with E-state index >= 15 is 0 Å². The first-order valence-corrected chi connectivity index (χ1v) is 7.12. The van der Waals surface area contributed by atoms with Crippen LogP contribution in [-0.4, -0.2) is 17.4 Å². The van der Waals surface area contributed by atoms with Crippen molar-refractivity contribution in [3.05, 3.63) is 34.9 Å². The minimum absolute atomic E-state index is 0.0139. The van der Waals surface area contributed by atoms with E-state index < -0.39 is 11.0 Å². The lowest BCUT2D eigenvalue weighted by atomic mass is 9.91. The molecule has 0 heterocycles. The predicted molar refractivity (Wildman–Crippen MR) is 77.9 cm³/mol. The Hall–Kier alpha value is -1.35. The number of carbonyl (C=O) groups excluding carboxylic acids is 2. The van der Waals surface area contributed by atoms with E-state index in [0.29, 0.717) is 10.6 Å². The Labute approximate surface area is 124 Å². The molecule has 1 saturated carbocycles. The highest BCUT2D eigenvalue weighted by atomic mass is 35.5. The molecule has 1 aromatic rings. The van der Waals surface area contributed by atoms with Gasteiger partial charge in [-0.05, 0) is 57.9 Å². The Morgan fingerprint density at radius 3 is 2.20 bits per heavy atom. The summed E-state index contributed by atoms with van der Waals surface area (Å²) in [6.07, 6.45) is 1.65. The topological polar surface area (TPSA) is 43.4 Å². The van der Waals surface area contributed by atoms with Gasteiger partial charge in [0.1, 0.15) is 5.60 Å². The first-order valence-electron chi connectivity index (χ1n) is 6.74. The van der Waals surface area contributed by atoms with E-state index in [2.05, 4.69) is 0 Å². The van der Waals surface area contributed by atoms with Crippen molar-refractivity contribution < 1.29 is 14.3 Å². The summed E-state index contributed by atoms with van der Waals surface area (Å²) in [7, 11) is 0. The fourth-order valence-electron chi connectivity index (χ4n) is 2.20. The van der Waals surface area contributed by atoms with Crippen LogP contribution in [0, 0.1) is 5.41 Å². The van der Waals surface area contributed by atoms with E-state index in [4.69, 9.17) is 16.3 Å². The molecule has 0 aliphatic heterocycles. The van der Waals surface area contributed by atoms with Gasteiger partial charge in [-0.3, -0.25) is 9.59 Å². The molecule has 0 saturated heterocycles. The normalized spacial score (nSPS) is 16.6. The smallest absolute Gasteiger partial charge is 0.307 e. The second-order valence-corrected chi connectivity index (χ2v) is 6.82. The minimum Gasteiger partial charge on any atom is -0.460 e. The Balaban J connectivity index is 2.06. The standard InChI is InChI=1S/C16H19ClO3/c1-15(2,3)20-13(18)10-16(8-9-16)14(19)11-4-6-12(17)7-5-11/h4-7H,8-10H2,1-3H3. The fraction of sp³-hybridized carbons (Fsp3) is 0.500. The summed E-state index contributed by atoms with van der Waals surface area (Å²) in [5.41, 5.74) is -0.470. The minimum atomic E-state index is -0.559. The van der Waals surface area contributed by atoms with Crippen molar-refractivity contribution >= 4 is 23.4 Å². The summed E-state index contributed by atoms with van der Waals surface area (Å²) < 4.78 is 5.31. The summed E-state index contributed by atoms with van der Waals surface area (Å²) >= 11 is 5.82. The van der Waals surface area contributed by atoms with Gasteiger partial charge in [0.25, 0.3) is 0 Å². The first kappa shape index (κ1) is 15.0. The van der Waals surface area contributed by atoms with Crippen LogP contribution in [-0.2, 0) is 9.53 Å². The number of Topliss-reactive ketones (excluding diaryl/α,β-unsaturated/α-hetero) is 1. The molecule has 0 radical (unpaired) electrons. The molecular formula is C16H19ClO3. The van der Waals surface area contributed by atoms with Crippen LogP contribution in [0.2, 0.25) is 5.02 Å². The van der Waals surface area contributed by atoms with Crippen LogP contribution in [0.15, 0.2) is 24.3 Å². The molecule has 2 rings (SSSR count). The Morgan fingerprint density at radius 2 is 1.75 bits per heavy atom. The van der Waals surface area contributed by atoms with E-state index in [1.807, 2.05) is 20.8 Å². The van der Waals surface area contributed by atoms with Gasteiger partial charge in [-0.25, -0.2) is 0 Å². The second kappa shape index (κ2) is 5.21. The molecule has 1 aliphatic carbocycles. The van der Waals surface area contributed by atoms with E-state index in [9.17, 15) is 9.59 Å². The molecule has 1 aliphatic rings. The highest BCUT2D eigenvalue weighted by molar-refractivity contribution is 6.30. The quantitative estimate of drug-likeness (QED) is 0.622. The second-order valence-electron chi connectivity index (χ2n) is 6.38. The number of hydrogen-bond donors (Lipinski definition) is 0. The van der Waals surface area contributed by atoms with Gasteiger partial charge in [-0.2, -0.15) is 0 Å². The van der Waals surface area contributed by atoms with Crippen molar-refractivity contribution in [3.8, 4) is 0 Å². The lowest BCUT2D eigenvalue weighted by Gasteiger charge is -2.21. The van der Waals surface area contributed by atoms with Crippen molar-refractivity contribution in [3.63, 3.8) is 0 Å². The van der Waals surface area contributed by atoms with Crippen LogP contribution in [0.25, 0.3) is 0 Å². The lowest BCUT2D eigenvalue weighted by molar-refractivity contribution is -0.155. The SMILES string of the molecule is CC(C)(C)OC(=O)CC1(C(=O)c2ccc(Cl)cc2)CC1. The zero-order valence-electron chi connectivity index (χ0n) is 12.0. The van der Waals surface area contributed by atoms with Gasteiger partial charge in [-0.1, -0.05) is 11.6 Å².